The number of hydrogen-bond acceptors (Lipinski definition) is 5. The smallest absolute Gasteiger partial charge is 0.310 e. The van der Waals surface area contributed by atoms with Gasteiger partial charge in [-0.1, -0.05) is 41.4 Å². The SMILES string of the molecule is CN1C(=O)N(c2cc(Cl)cc(Cl)c2)C(=O)C12CN(Cc1cccs1)CC2c1ccc(C#N)cc1. The highest BCUT2D eigenvalue weighted by Gasteiger charge is 2.64. The van der Waals surface area contributed by atoms with Crippen molar-refractivity contribution in [1.29, 1.82) is 5.26 Å². The van der Waals surface area contributed by atoms with Crippen LogP contribution in [0.25, 0.3) is 0 Å². The zero-order chi connectivity index (χ0) is 24.0. The van der Waals surface area contributed by atoms with E-state index >= 15 is 0 Å². The summed E-state index contributed by atoms with van der Waals surface area (Å²) in [6.07, 6.45) is 0. The third-order valence-electron chi connectivity index (χ3n) is 6.64. The first-order valence-corrected chi connectivity index (χ1v) is 12.3. The Hall–Kier alpha value is -2.89. The van der Waals surface area contributed by atoms with Crippen LogP contribution in [0.1, 0.15) is 21.9 Å². The van der Waals surface area contributed by atoms with Crippen molar-refractivity contribution in [2.45, 2.75) is 18.0 Å². The maximum atomic E-state index is 14.1. The number of nitriles is 1. The molecule has 6 nitrogen and oxygen atoms in total. The van der Waals surface area contributed by atoms with Crippen LogP contribution in [-0.2, 0) is 11.3 Å². The molecule has 1 aromatic heterocycles. The number of nitrogens with zero attached hydrogens (tertiary/aromatic N) is 4. The molecule has 2 saturated heterocycles. The van der Waals surface area contributed by atoms with Crippen LogP contribution < -0.4 is 4.90 Å². The van der Waals surface area contributed by atoms with Gasteiger partial charge in [0.05, 0.1) is 17.3 Å². The molecule has 0 aliphatic carbocycles. The second kappa shape index (κ2) is 8.71. The third kappa shape index (κ3) is 3.68. The Labute approximate surface area is 211 Å². The summed E-state index contributed by atoms with van der Waals surface area (Å²) < 4.78 is 0. The number of hydrogen-bond donors (Lipinski definition) is 0. The molecule has 3 aromatic rings. The van der Waals surface area contributed by atoms with Crippen LogP contribution in [0.15, 0.2) is 60.0 Å². The molecular formula is C25H20Cl2N4O2S. The highest BCUT2D eigenvalue weighted by molar-refractivity contribution is 7.09. The predicted octanol–water partition coefficient (Wildman–Crippen LogP) is 5.36. The van der Waals surface area contributed by atoms with Gasteiger partial charge in [0.2, 0.25) is 0 Å². The van der Waals surface area contributed by atoms with Gasteiger partial charge in [0, 0.05) is 47.5 Å². The third-order valence-corrected chi connectivity index (χ3v) is 7.94. The lowest BCUT2D eigenvalue weighted by Gasteiger charge is -2.34. The van der Waals surface area contributed by atoms with E-state index < -0.39 is 11.6 Å². The molecule has 2 fully saturated rings. The minimum atomic E-state index is -1.10. The van der Waals surface area contributed by atoms with E-state index in [0.29, 0.717) is 40.9 Å². The number of thiophene rings is 1. The van der Waals surface area contributed by atoms with Gasteiger partial charge in [0.25, 0.3) is 5.91 Å². The zero-order valence-electron chi connectivity index (χ0n) is 18.2. The van der Waals surface area contributed by atoms with E-state index in [1.165, 1.54) is 9.78 Å². The summed E-state index contributed by atoms with van der Waals surface area (Å²) in [6.45, 7) is 1.67. The summed E-state index contributed by atoms with van der Waals surface area (Å²) in [5.41, 5.74) is 0.707. The van der Waals surface area contributed by atoms with Crippen LogP contribution in [0.5, 0.6) is 0 Å². The predicted molar refractivity (Wildman–Crippen MR) is 133 cm³/mol. The molecule has 3 amide bonds. The van der Waals surface area contributed by atoms with Crippen molar-refractivity contribution in [2.24, 2.45) is 0 Å². The molecule has 2 atom stereocenters. The Morgan fingerprint density at radius 1 is 1.12 bits per heavy atom. The Bertz CT molecular complexity index is 1290. The van der Waals surface area contributed by atoms with Gasteiger partial charge in [-0.2, -0.15) is 5.26 Å². The number of carbonyl (C=O) groups excluding carboxylic acids is 2. The van der Waals surface area contributed by atoms with Crippen LogP contribution in [0.2, 0.25) is 10.0 Å². The summed E-state index contributed by atoms with van der Waals surface area (Å²) >= 11 is 14.0. The Kier molecular flexibility index (Phi) is 5.86. The average molecular weight is 511 g/mol. The fourth-order valence-corrected chi connectivity index (χ4v) is 6.30. The molecule has 0 saturated carbocycles. The molecular weight excluding hydrogens is 491 g/mol. The molecule has 2 aliphatic rings. The largest absolute Gasteiger partial charge is 0.332 e. The van der Waals surface area contributed by atoms with Gasteiger partial charge in [-0.3, -0.25) is 9.69 Å². The molecule has 2 aliphatic heterocycles. The van der Waals surface area contributed by atoms with Crippen molar-refractivity contribution in [1.82, 2.24) is 9.80 Å². The van der Waals surface area contributed by atoms with E-state index in [-0.39, 0.29) is 11.8 Å². The Morgan fingerprint density at radius 2 is 1.82 bits per heavy atom. The molecule has 1 spiro atoms. The summed E-state index contributed by atoms with van der Waals surface area (Å²) in [7, 11) is 1.68. The van der Waals surface area contributed by atoms with Crippen molar-refractivity contribution in [3.63, 3.8) is 0 Å². The first-order valence-electron chi connectivity index (χ1n) is 10.7. The molecule has 34 heavy (non-hydrogen) atoms. The van der Waals surface area contributed by atoms with Crippen molar-refractivity contribution in [2.75, 3.05) is 25.0 Å². The summed E-state index contributed by atoms with van der Waals surface area (Å²) in [5.74, 6) is -0.581. The fraction of sp³-hybridized carbons (Fsp3) is 0.240. The van der Waals surface area contributed by atoms with Crippen molar-refractivity contribution in [3.05, 3.63) is 86.0 Å². The van der Waals surface area contributed by atoms with Gasteiger partial charge in [-0.25, -0.2) is 9.69 Å². The molecule has 0 N–H and O–H groups in total. The zero-order valence-corrected chi connectivity index (χ0v) is 20.6. The molecule has 0 bridgehead atoms. The van der Waals surface area contributed by atoms with Crippen LogP contribution >= 0.6 is 34.5 Å². The molecule has 3 heterocycles. The van der Waals surface area contributed by atoms with E-state index in [1.807, 2.05) is 23.6 Å². The molecule has 5 rings (SSSR count). The number of anilines is 1. The second-order valence-corrected chi connectivity index (χ2v) is 10.5. The van der Waals surface area contributed by atoms with Gasteiger partial charge in [-0.05, 0) is 47.3 Å². The molecule has 2 aromatic carbocycles. The summed E-state index contributed by atoms with van der Waals surface area (Å²) in [5, 5.41) is 11.9. The Morgan fingerprint density at radius 3 is 2.44 bits per heavy atom. The van der Waals surface area contributed by atoms with Gasteiger partial charge >= 0.3 is 6.03 Å². The van der Waals surface area contributed by atoms with Crippen LogP contribution in [-0.4, -0.2) is 47.4 Å². The molecule has 172 valence electrons. The highest BCUT2D eigenvalue weighted by Crippen LogP contribution is 2.47. The number of benzene rings is 2. The first-order chi connectivity index (χ1) is 16.3. The maximum absolute atomic E-state index is 14.1. The van der Waals surface area contributed by atoms with Crippen molar-refractivity contribution < 1.29 is 9.59 Å². The van der Waals surface area contributed by atoms with Crippen LogP contribution in [0, 0.1) is 11.3 Å². The molecule has 9 heteroatoms. The van der Waals surface area contributed by atoms with Gasteiger partial charge in [0.1, 0.15) is 5.54 Å². The lowest BCUT2D eigenvalue weighted by molar-refractivity contribution is -0.124. The Balaban J connectivity index is 1.59. The number of amides is 3. The number of likely N-dealkylation sites (tertiary alicyclic amines) is 1. The number of urea groups is 1. The first kappa shape index (κ1) is 22.9. The van der Waals surface area contributed by atoms with Crippen LogP contribution in [0.3, 0.4) is 0 Å². The lowest BCUT2D eigenvalue weighted by Crippen LogP contribution is -2.53. The lowest BCUT2D eigenvalue weighted by atomic mass is 9.80. The van der Waals surface area contributed by atoms with Crippen molar-refractivity contribution in [3.8, 4) is 6.07 Å². The monoisotopic (exact) mass is 510 g/mol. The minimum Gasteiger partial charge on any atom is -0.310 e. The fourth-order valence-electron chi connectivity index (χ4n) is 5.04. The number of rotatable bonds is 4. The maximum Gasteiger partial charge on any atom is 0.332 e. The highest BCUT2D eigenvalue weighted by atomic mass is 35.5. The average Bonchev–Trinajstić information content (AvgIpc) is 3.50. The van der Waals surface area contributed by atoms with Crippen LogP contribution in [0.4, 0.5) is 10.5 Å². The van der Waals surface area contributed by atoms with Crippen molar-refractivity contribution >= 4 is 52.2 Å². The number of imide groups is 1. The number of likely N-dealkylation sites (N-methyl/N-ethyl adjacent to an activating group) is 1. The summed E-state index contributed by atoms with van der Waals surface area (Å²) in [6, 6.07) is 17.8. The standard InChI is InChI=1S/C25H20Cl2N4O2S/c1-29-24(33)31(20-10-18(26)9-19(27)11-20)23(32)25(29)15-30(13-21-3-2-8-34-21)14-22(25)17-6-4-16(12-28)5-7-17/h2-11,22H,13-15H2,1H3. The van der Waals surface area contributed by atoms with E-state index in [0.717, 1.165) is 5.56 Å². The quantitative estimate of drug-likeness (QED) is 0.442. The van der Waals surface area contributed by atoms with Gasteiger partial charge < -0.3 is 4.90 Å². The topological polar surface area (TPSA) is 67.7 Å². The molecule has 0 radical (unpaired) electrons. The second-order valence-electron chi connectivity index (χ2n) is 8.57. The van der Waals surface area contributed by atoms with Gasteiger partial charge in [-0.15, -0.1) is 11.3 Å². The minimum absolute atomic E-state index is 0.277. The summed E-state index contributed by atoms with van der Waals surface area (Å²) in [4.78, 5) is 33.8. The number of halogens is 2. The number of carbonyl (C=O) groups is 2. The van der Waals surface area contributed by atoms with Gasteiger partial charge in [0.15, 0.2) is 0 Å². The van der Waals surface area contributed by atoms with E-state index in [9.17, 15) is 14.9 Å². The normalized spacial score (nSPS) is 22.7. The molecule has 2 unspecified atom stereocenters. The van der Waals surface area contributed by atoms with E-state index in [2.05, 4.69) is 17.0 Å². The van der Waals surface area contributed by atoms with E-state index in [4.69, 9.17) is 23.2 Å². The van der Waals surface area contributed by atoms with E-state index in [1.54, 1.807) is 53.6 Å².